The SMILES string of the molecule is N#Cc1cc(-c2ccc(F)cc2)n(-c2cccc3cccnc23)n1. The largest absolute Gasteiger partial charge is 0.254 e. The highest BCUT2D eigenvalue weighted by atomic mass is 19.1. The molecule has 5 heteroatoms. The normalized spacial score (nSPS) is 10.7. The van der Waals surface area contributed by atoms with Crippen LogP contribution in [-0.4, -0.2) is 14.8 Å². The molecule has 0 radical (unpaired) electrons. The molecule has 0 fully saturated rings. The van der Waals surface area contributed by atoms with E-state index >= 15 is 0 Å². The Bertz CT molecular complexity index is 1070. The summed E-state index contributed by atoms with van der Waals surface area (Å²) in [5.74, 6) is -0.308. The maximum Gasteiger partial charge on any atom is 0.163 e. The first-order chi connectivity index (χ1) is 11.8. The lowest BCUT2D eigenvalue weighted by atomic mass is 10.1. The van der Waals surface area contributed by atoms with Gasteiger partial charge in [-0.15, -0.1) is 0 Å². The van der Waals surface area contributed by atoms with Gasteiger partial charge in [-0.05, 0) is 36.4 Å². The topological polar surface area (TPSA) is 54.5 Å². The van der Waals surface area contributed by atoms with Crippen molar-refractivity contribution in [2.75, 3.05) is 0 Å². The monoisotopic (exact) mass is 314 g/mol. The zero-order chi connectivity index (χ0) is 16.5. The van der Waals surface area contributed by atoms with Gasteiger partial charge in [0.2, 0.25) is 0 Å². The fourth-order valence-electron chi connectivity index (χ4n) is 2.70. The van der Waals surface area contributed by atoms with E-state index in [2.05, 4.69) is 16.2 Å². The number of halogens is 1. The van der Waals surface area contributed by atoms with Crippen LogP contribution in [-0.2, 0) is 0 Å². The molecule has 0 saturated carbocycles. The van der Waals surface area contributed by atoms with Gasteiger partial charge in [0.25, 0.3) is 0 Å². The molecule has 0 N–H and O–H groups in total. The van der Waals surface area contributed by atoms with Gasteiger partial charge < -0.3 is 0 Å². The Morgan fingerprint density at radius 1 is 1.00 bits per heavy atom. The minimum Gasteiger partial charge on any atom is -0.254 e. The van der Waals surface area contributed by atoms with Crippen molar-refractivity contribution in [1.29, 1.82) is 5.26 Å². The molecule has 4 rings (SSSR count). The van der Waals surface area contributed by atoms with Crippen molar-refractivity contribution in [3.8, 4) is 23.0 Å². The molecule has 0 amide bonds. The van der Waals surface area contributed by atoms with E-state index in [0.29, 0.717) is 11.4 Å². The summed E-state index contributed by atoms with van der Waals surface area (Å²) in [5.41, 5.74) is 3.34. The number of fused-ring (bicyclic) bond motifs is 1. The first-order valence-corrected chi connectivity index (χ1v) is 7.36. The van der Waals surface area contributed by atoms with E-state index < -0.39 is 0 Å². The standard InChI is InChI=1S/C19H11FN4/c20-15-8-6-13(7-9-15)18-11-16(12-21)23-24(18)17-5-1-3-14-4-2-10-22-19(14)17/h1-11H. The van der Waals surface area contributed by atoms with Crippen LogP contribution in [0.15, 0.2) is 66.9 Å². The molecule has 0 spiro atoms. The Morgan fingerprint density at radius 2 is 1.79 bits per heavy atom. The van der Waals surface area contributed by atoms with E-state index in [9.17, 15) is 9.65 Å². The number of rotatable bonds is 2. The van der Waals surface area contributed by atoms with Gasteiger partial charge in [0.15, 0.2) is 5.69 Å². The minimum atomic E-state index is -0.308. The Kier molecular flexibility index (Phi) is 3.29. The van der Waals surface area contributed by atoms with Gasteiger partial charge in [0.05, 0.1) is 16.9 Å². The molecular weight excluding hydrogens is 303 g/mol. The number of pyridine rings is 1. The van der Waals surface area contributed by atoms with Crippen molar-refractivity contribution in [1.82, 2.24) is 14.8 Å². The Hall–Kier alpha value is -3.52. The van der Waals surface area contributed by atoms with Crippen molar-refractivity contribution in [2.24, 2.45) is 0 Å². The quantitative estimate of drug-likeness (QED) is 0.560. The van der Waals surface area contributed by atoms with E-state index in [1.165, 1.54) is 12.1 Å². The average molecular weight is 314 g/mol. The number of benzene rings is 2. The summed E-state index contributed by atoms with van der Waals surface area (Å²) < 4.78 is 14.9. The van der Waals surface area contributed by atoms with Gasteiger partial charge in [-0.1, -0.05) is 18.2 Å². The smallest absolute Gasteiger partial charge is 0.163 e. The van der Waals surface area contributed by atoms with E-state index in [4.69, 9.17) is 0 Å². The minimum absolute atomic E-state index is 0.294. The molecule has 24 heavy (non-hydrogen) atoms. The summed E-state index contributed by atoms with van der Waals surface area (Å²) in [4.78, 5) is 4.44. The third-order valence-electron chi connectivity index (χ3n) is 3.80. The third kappa shape index (κ3) is 2.31. The predicted molar refractivity (Wildman–Crippen MR) is 89.0 cm³/mol. The molecule has 2 aromatic carbocycles. The van der Waals surface area contributed by atoms with E-state index in [1.54, 1.807) is 29.1 Å². The second kappa shape index (κ2) is 5.60. The molecule has 2 aromatic heterocycles. The lowest BCUT2D eigenvalue weighted by Crippen LogP contribution is -2.01. The summed E-state index contributed by atoms with van der Waals surface area (Å²) in [6, 6.07) is 19.5. The van der Waals surface area contributed by atoms with Crippen molar-refractivity contribution in [2.45, 2.75) is 0 Å². The molecule has 114 valence electrons. The van der Waals surface area contributed by atoms with Gasteiger partial charge in [0, 0.05) is 23.2 Å². The number of aromatic nitrogens is 3. The molecule has 0 saturated heterocycles. The number of hydrogen-bond acceptors (Lipinski definition) is 3. The van der Waals surface area contributed by atoms with Crippen LogP contribution in [0.4, 0.5) is 4.39 Å². The van der Waals surface area contributed by atoms with Crippen LogP contribution in [0, 0.1) is 17.1 Å². The summed E-state index contributed by atoms with van der Waals surface area (Å²) in [6.07, 6.45) is 1.72. The fraction of sp³-hybridized carbons (Fsp3) is 0. The molecule has 0 aliphatic carbocycles. The molecule has 0 unspecified atom stereocenters. The van der Waals surface area contributed by atoms with Gasteiger partial charge in [-0.2, -0.15) is 10.4 Å². The number of nitrogens with zero attached hydrogens (tertiary/aromatic N) is 4. The molecule has 0 atom stereocenters. The Morgan fingerprint density at radius 3 is 2.58 bits per heavy atom. The first kappa shape index (κ1) is 14.1. The van der Waals surface area contributed by atoms with Crippen LogP contribution in [0.5, 0.6) is 0 Å². The number of nitriles is 1. The lowest BCUT2D eigenvalue weighted by Gasteiger charge is -2.10. The van der Waals surface area contributed by atoms with Gasteiger partial charge in [0.1, 0.15) is 11.9 Å². The maximum atomic E-state index is 13.2. The number of hydrogen-bond donors (Lipinski definition) is 0. The van der Waals surface area contributed by atoms with Crippen molar-refractivity contribution >= 4 is 10.9 Å². The van der Waals surface area contributed by atoms with Crippen molar-refractivity contribution < 1.29 is 4.39 Å². The van der Waals surface area contributed by atoms with Crippen LogP contribution >= 0.6 is 0 Å². The van der Waals surface area contributed by atoms with Crippen LogP contribution in [0.25, 0.3) is 27.8 Å². The summed E-state index contributed by atoms with van der Waals surface area (Å²) in [6.45, 7) is 0. The summed E-state index contributed by atoms with van der Waals surface area (Å²) >= 11 is 0. The highest BCUT2D eigenvalue weighted by Crippen LogP contribution is 2.27. The fourth-order valence-corrected chi connectivity index (χ4v) is 2.70. The molecule has 4 nitrogen and oxygen atoms in total. The molecule has 0 aliphatic heterocycles. The highest BCUT2D eigenvalue weighted by molar-refractivity contribution is 5.87. The second-order valence-corrected chi connectivity index (χ2v) is 5.30. The maximum absolute atomic E-state index is 13.2. The van der Waals surface area contributed by atoms with Gasteiger partial charge in [-0.25, -0.2) is 9.07 Å². The van der Waals surface area contributed by atoms with E-state index in [0.717, 1.165) is 22.2 Å². The van der Waals surface area contributed by atoms with Crippen LogP contribution < -0.4 is 0 Å². The van der Waals surface area contributed by atoms with Crippen LogP contribution in [0.2, 0.25) is 0 Å². The molecule has 4 aromatic rings. The average Bonchev–Trinajstić information content (AvgIpc) is 3.06. The second-order valence-electron chi connectivity index (χ2n) is 5.30. The van der Waals surface area contributed by atoms with Crippen LogP contribution in [0.3, 0.4) is 0 Å². The predicted octanol–water partition coefficient (Wildman–Crippen LogP) is 4.10. The molecule has 2 heterocycles. The van der Waals surface area contributed by atoms with Gasteiger partial charge in [-0.3, -0.25) is 4.98 Å². The van der Waals surface area contributed by atoms with E-state index in [1.807, 2.05) is 30.3 Å². The molecule has 0 aliphatic rings. The zero-order valence-electron chi connectivity index (χ0n) is 12.5. The van der Waals surface area contributed by atoms with E-state index in [-0.39, 0.29) is 5.82 Å². The van der Waals surface area contributed by atoms with Crippen LogP contribution in [0.1, 0.15) is 5.69 Å². The summed E-state index contributed by atoms with van der Waals surface area (Å²) in [7, 11) is 0. The molecular formula is C19H11FN4. The summed E-state index contributed by atoms with van der Waals surface area (Å²) in [5, 5.41) is 14.6. The Labute approximate surface area is 137 Å². The first-order valence-electron chi connectivity index (χ1n) is 7.36. The Balaban J connectivity index is 1.99. The van der Waals surface area contributed by atoms with Crippen molar-refractivity contribution in [3.63, 3.8) is 0 Å². The van der Waals surface area contributed by atoms with Gasteiger partial charge >= 0.3 is 0 Å². The zero-order valence-corrected chi connectivity index (χ0v) is 12.5. The highest BCUT2D eigenvalue weighted by Gasteiger charge is 2.14. The third-order valence-corrected chi connectivity index (χ3v) is 3.80. The number of para-hydroxylation sites is 1. The van der Waals surface area contributed by atoms with Crippen molar-refractivity contribution in [3.05, 3.63) is 78.4 Å². The lowest BCUT2D eigenvalue weighted by molar-refractivity contribution is 0.628. The molecule has 0 bridgehead atoms.